The van der Waals surface area contributed by atoms with Crippen LogP contribution in [0.1, 0.15) is 57.2 Å². The van der Waals surface area contributed by atoms with Gasteiger partial charge in [0.2, 0.25) is 11.8 Å². The number of carbonyl (C=O) groups is 1. The van der Waals surface area contributed by atoms with Crippen LogP contribution in [0.25, 0.3) is 0 Å². The first-order chi connectivity index (χ1) is 11.1. The Kier molecular flexibility index (Phi) is 3.87. The lowest BCUT2D eigenvalue weighted by atomic mass is 9.94. The van der Waals surface area contributed by atoms with Crippen LogP contribution in [0.15, 0.2) is 4.52 Å². The lowest BCUT2D eigenvalue weighted by molar-refractivity contribution is -0.140. The van der Waals surface area contributed by atoms with Crippen molar-refractivity contribution in [3.8, 4) is 0 Å². The molecule has 5 rings (SSSR count). The van der Waals surface area contributed by atoms with Crippen molar-refractivity contribution in [2.75, 3.05) is 19.6 Å². The molecule has 126 valence electrons. The lowest BCUT2D eigenvalue weighted by Crippen LogP contribution is -2.48. The highest BCUT2D eigenvalue weighted by Crippen LogP contribution is 2.35. The molecule has 3 saturated heterocycles. The average molecular weight is 318 g/mol. The molecule has 6 heteroatoms. The van der Waals surface area contributed by atoms with Crippen LogP contribution in [0.2, 0.25) is 0 Å². The average Bonchev–Trinajstić information content (AvgIpc) is 3.26. The van der Waals surface area contributed by atoms with Gasteiger partial charge in [0.1, 0.15) is 0 Å². The quantitative estimate of drug-likeness (QED) is 0.831. The zero-order valence-electron chi connectivity index (χ0n) is 14.1. The molecule has 1 saturated carbocycles. The van der Waals surface area contributed by atoms with E-state index in [0.717, 1.165) is 44.2 Å². The molecule has 23 heavy (non-hydrogen) atoms. The van der Waals surface area contributed by atoms with E-state index in [4.69, 9.17) is 4.52 Å². The van der Waals surface area contributed by atoms with Gasteiger partial charge in [-0.15, -0.1) is 0 Å². The summed E-state index contributed by atoms with van der Waals surface area (Å²) in [5, 5.41) is 4.05. The molecule has 2 atom stereocenters. The van der Waals surface area contributed by atoms with E-state index in [1.807, 2.05) is 0 Å². The van der Waals surface area contributed by atoms with Crippen molar-refractivity contribution in [1.82, 2.24) is 19.9 Å². The van der Waals surface area contributed by atoms with Gasteiger partial charge in [0.05, 0.1) is 12.5 Å². The van der Waals surface area contributed by atoms with Gasteiger partial charge >= 0.3 is 0 Å². The Morgan fingerprint density at radius 2 is 2.04 bits per heavy atom. The van der Waals surface area contributed by atoms with Crippen LogP contribution in [0.5, 0.6) is 0 Å². The summed E-state index contributed by atoms with van der Waals surface area (Å²) in [4.78, 5) is 21.7. The molecule has 0 N–H and O–H groups in total. The van der Waals surface area contributed by atoms with Gasteiger partial charge in [-0.2, -0.15) is 4.98 Å². The third kappa shape index (κ3) is 3.13. The Labute approximate surface area is 137 Å². The summed E-state index contributed by atoms with van der Waals surface area (Å²) in [6, 6.07) is 0.370. The summed E-state index contributed by atoms with van der Waals surface area (Å²) in [7, 11) is 0. The van der Waals surface area contributed by atoms with Crippen molar-refractivity contribution < 1.29 is 9.32 Å². The standard InChI is InChI=1S/C17H26N4O2/c1-11(2)16-18-15(23-19-16)10-20-8-13-5-6-14(9-20)21(17(13)22)7-12-3-4-12/h11-14H,3-10H2,1-2H3. The number of hydrogen-bond acceptors (Lipinski definition) is 5. The summed E-state index contributed by atoms with van der Waals surface area (Å²) in [5.74, 6) is 3.02. The first-order valence-corrected chi connectivity index (χ1v) is 8.95. The molecule has 4 aliphatic rings. The molecular formula is C17H26N4O2. The van der Waals surface area contributed by atoms with Crippen LogP contribution in [0, 0.1) is 11.8 Å². The van der Waals surface area contributed by atoms with Crippen LogP contribution >= 0.6 is 0 Å². The van der Waals surface area contributed by atoms with E-state index in [1.165, 1.54) is 12.8 Å². The number of amides is 1. The summed E-state index contributed by atoms with van der Waals surface area (Å²) in [5.41, 5.74) is 0. The lowest BCUT2D eigenvalue weighted by Gasteiger charge is -2.36. The van der Waals surface area contributed by atoms with Crippen molar-refractivity contribution in [2.45, 2.75) is 58.0 Å². The molecule has 1 aliphatic carbocycles. The monoisotopic (exact) mass is 318 g/mol. The first-order valence-electron chi connectivity index (χ1n) is 8.95. The zero-order valence-corrected chi connectivity index (χ0v) is 14.1. The highest BCUT2D eigenvalue weighted by molar-refractivity contribution is 5.80. The minimum atomic E-state index is 0.153. The maximum absolute atomic E-state index is 12.7. The van der Waals surface area contributed by atoms with Crippen molar-refractivity contribution in [1.29, 1.82) is 0 Å². The van der Waals surface area contributed by atoms with E-state index in [-0.39, 0.29) is 11.8 Å². The van der Waals surface area contributed by atoms with E-state index in [9.17, 15) is 4.79 Å². The number of nitrogens with zero attached hydrogens (tertiary/aromatic N) is 4. The van der Waals surface area contributed by atoms with Gasteiger partial charge in [-0.3, -0.25) is 9.69 Å². The number of rotatable bonds is 5. The minimum absolute atomic E-state index is 0.153. The minimum Gasteiger partial charge on any atom is -0.338 e. The molecule has 1 amide bonds. The number of aromatic nitrogens is 2. The van der Waals surface area contributed by atoms with E-state index < -0.39 is 0 Å². The molecule has 0 spiro atoms. The Morgan fingerprint density at radius 3 is 2.74 bits per heavy atom. The van der Waals surface area contributed by atoms with Gasteiger partial charge in [0.15, 0.2) is 5.82 Å². The van der Waals surface area contributed by atoms with Crippen molar-refractivity contribution in [3.05, 3.63) is 11.7 Å². The van der Waals surface area contributed by atoms with Gasteiger partial charge in [0.25, 0.3) is 0 Å². The normalized spacial score (nSPS) is 28.7. The summed E-state index contributed by atoms with van der Waals surface area (Å²) in [6.07, 6.45) is 4.76. The SMILES string of the molecule is CC(C)c1noc(CN2CC3CCC(C2)N(CC2CC2)C3=O)n1. The molecule has 2 unspecified atom stereocenters. The van der Waals surface area contributed by atoms with E-state index in [0.29, 0.717) is 24.4 Å². The molecule has 4 heterocycles. The van der Waals surface area contributed by atoms with Gasteiger partial charge in [-0.25, -0.2) is 0 Å². The van der Waals surface area contributed by atoms with Gasteiger partial charge in [0, 0.05) is 31.6 Å². The Bertz CT molecular complexity index is 581. The largest absolute Gasteiger partial charge is 0.338 e. The van der Waals surface area contributed by atoms with Crippen LogP contribution in [0.4, 0.5) is 0 Å². The van der Waals surface area contributed by atoms with Crippen LogP contribution in [-0.2, 0) is 11.3 Å². The van der Waals surface area contributed by atoms with Gasteiger partial charge in [-0.1, -0.05) is 19.0 Å². The highest BCUT2D eigenvalue weighted by Gasteiger charge is 2.42. The first kappa shape index (κ1) is 15.1. The third-order valence-electron chi connectivity index (χ3n) is 5.38. The van der Waals surface area contributed by atoms with E-state index in [2.05, 4.69) is 33.8 Å². The summed E-state index contributed by atoms with van der Waals surface area (Å²) < 4.78 is 5.39. The van der Waals surface area contributed by atoms with Crippen molar-refractivity contribution in [2.24, 2.45) is 11.8 Å². The van der Waals surface area contributed by atoms with Gasteiger partial charge < -0.3 is 9.42 Å². The molecule has 4 fully saturated rings. The van der Waals surface area contributed by atoms with Crippen molar-refractivity contribution in [3.63, 3.8) is 0 Å². The molecule has 3 aliphatic heterocycles. The fourth-order valence-corrected chi connectivity index (χ4v) is 3.84. The van der Waals surface area contributed by atoms with Gasteiger partial charge in [-0.05, 0) is 31.6 Å². The van der Waals surface area contributed by atoms with Crippen LogP contribution in [-0.4, -0.2) is 51.5 Å². The number of carbonyl (C=O) groups excluding carboxylic acids is 1. The second-order valence-corrected chi connectivity index (χ2v) is 7.76. The summed E-state index contributed by atoms with van der Waals surface area (Å²) in [6.45, 7) is 7.54. The fraction of sp³-hybridized carbons (Fsp3) is 0.824. The smallest absolute Gasteiger partial charge is 0.240 e. The maximum atomic E-state index is 12.7. The predicted octanol–water partition coefficient (Wildman–Crippen LogP) is 2.03. The second-order valence-electron chi connectivity index (χ2n) is 7.76. The molecule has 1 aromatic heterocycles. The van der Waals surface area contributed by atoms with Crippen LogP contribution < -0.4 is 0 Å². The van der Waals surface area contributed by atoms with Crippen LogP contribution in [0.3, 0.4) is 0 Å². The molecule has 1 aromatic rings. The zero-order chi connectivity index (χ0) is 16.0. The molecule has 2 bridgehead atoms. The van der Waals surface area contributed by atoms with E-state index >= 15 is 0 Å². The molecule has 6 nitrogen and oxygen atoms in total. The van der Waals surface area contributed by atoms with Crippen molar-refractivity contribution >= 4 is 5.91 Å². The number of piperidine rings is 1. The Balaban J connectivity index is 1.45. The number of hydrogen-bond donors (Lipinski definition) is 0. The number of fused-ring (bicyclic) bond motifs is 4. The molecular weight excluding hydrogens is 292 g/mol. The molecule has 0 aromatic carbocycles. The Hall–Kier alpha value is -1.43. The second kappa shape index (κ2) is 5.89. The highest BCUT2D eigenvalue weighted by atomic mass is 16.5. The fourth-order valence-electron chi connectivity index (χ4n) is 3.84. The van der Waals surface area contributed by atoms with E-state index in [1.54, 1.807) is 0 Å². The Morgan fingerprint density at radius 1 is 1.22 bits per heavy atom. The maximum Gasteiger partial charge on any atom is 0.240 e. The predicted molar refractivity (Wildman–Crippen MR) is 84.6 cm³/mol. The summed E-state index contributed by atoms with van der Waals surface area (Å²) >= 11 is 0. The molecule has 0 radical (unpaired) electrons. The third-order valence-corrected chi connectivity index (χ3v) is 5.38. The topological polar surface area (TPSA) is 62.5 Å².